The van der Waals surface area contributed by atoms with Gasteiger partial charge in [-0.2, -0.15) is 11.3 Å². The van der Waals surface area contributed by atoms with Gasteiger partial charge in [0.15, 0.2) is 5.82 Å². The van der Waals surface area contributed by atoms with Gasteiger partial charge in [0.1, 0.15) is 0 Å². The average molecular weight is 363 g/mol. The summed E-state index contributed by atoms with van der Waals surface area (Å²) < 4.78 is 7.25. The second kappa shape index (κ2) is 7.66. The third kappa shape index (κ3) is 4.18. The van der Waals surface area contributed by atoms with Crippen molar-refractivity contribution < 1.29 is 9.53 Å². The first-order chi connectivity index (χ1) is 12.0. The van der Waals surface area contributed by atoms with Crippen LogP contribution in [0.4, 0.5) is 16.3 Å². The van der Waals surface area contributed by atoms with Crippen LogP contribution in [0, 0.1) is 0 Å². The average Bonchev–Trinajstić information content (AvgIpc) is 3.10. The highest BCUT2D eigenvalue weighted by Gasteiger charge is 2.26. The van der Waals surface area contributed by atoms with Crippen molar-refractivity contribution >= 4 is 28.9 Å². The number of rotatable bonds is 4. The monoisotopic (exact) mass is 363 g/mol. The maximum Gasteiger partial charge on any atom is 0.322 e. The lowest BCUT2D eigenvalue weighted by atomic mass is 10.2. The number of nitrogens with one attached hydrogen (secondary N) is 1. The van der Waals surface area contributed by atoms with Gasteiger partial charge in [-0.25, -0.2) is 9.78 Å². The number of aromatic nitrogens is 2. The van der Waals surface area contributed by atoms with Gasteiger partial charge >= 0.3 is 6.03 Å². The van der Waals surface area contributed by atoms with Crippen molar-refractivity contribution in [1.82, 2.24) is 14.5 Å². The lowest BCUT2D eigenvalue weighted by Gasteiger charge is -2.34. The summed E-state index contributed by atoms with van der Waals surface area (Å²) in [5, 5.41) is 6.68. The maximum atomic E-state index is 12.4. The Morgan fingerprint density at radius 3 is 3.16 bits per heavy atom. The number of ether oxygens (including phenoxy) is 1. The number of anilines is 2. The van der Waals surface area contributed by atoms with E-state index in [0.717, 1.165) is 5.69 Å². The smallest absolute Gasteiger partial charge is 0.322 e. The van der Waals surface area contributed by atoms with Crippen LogP contribution >= 0.6 is 11.3 Å². The minimum Gasteiger partial charge on any atom is -0.373 e. The Bertz CT molecular complexity index is 776. The second-order valence-electron chi connectivity index (χ2n) is 5.93. The predicted molar refractivity (Wildman–Crippen MR) is 97.4 cm³/mol. The molecule has 1 aliphatic heterocycles. The molecule has 0 unspecified atom stereocenters. The number of carbonyl (C=O) groups is 1. The molecule has 1 aliphatic rings. The highest BCUT2D eigenvalue weighted by Crippen LogP contribution is 2.14. The van der Waals surface area contributed by atoms with Crippen molar-refractivity contribution in [2.45, 2.75) is 6.10 Å². The SMILES string of the molecule is CN(C[C@@H]1CN(C(=O)Nc2ccsc2)CCO1)c1nccn(C)c1=O. The first-order valence-electron chi connectivity index (χ1n) is 7.97. The Hall–Kier alpha value is -2.39. The van der Waals surface area contributed by atoms with Crippen molar-refractivity contribution in [3.8, 4) is 0 Å². The lowest BCUT2D eigenvalue weighted by Crippen LogP contribution is -2.51. The van der Waals surface area contributed by atoms with Crippen LogP contribution in [0.5, 0.6) is 0 Å². The van der Waals surface area contributed by atoms with Gasteiger partial charge in [0, 0.05) is 45.0 Å². The van der Waals surface area contributed by atoms with E-state index < -0.39 is 0 Å². The number of carbonyl (C=O) groups excluding carboxylic acids is 1. The van der Waals surface area contributed by atoms with Gasteiger partial charge in [0.2, 0.25) is 0 Å². The highest BCUT2D eigenvalue weighted by molar-refractivity contribution is 7.08. The van der Waals surface area contributed by atoms with Crippen LogP contribution < -0.4 is 15.8 Å². The summed E-state index contributed by atoms with van der Waals surface area (Å²) in [5.41, 5.74) is 0.639. The molecule has 2 aromatic heterocycles. The van der Waals surface area contributed by atoms with Crippen molar-refractivity contribution in [1.29, 1.82) is 0 Å². The molecule has 25 heavy (non-hydrogen) atoms. The van der Waals surface area contributed by atoms with E-state index in [1.807, 2.05) is 16.8 Å². The van der Waals surface area contributed by atoms with Gasteiger partial charge in [-0.3, -0.25) is 4.79 Å². The number of hydrogen-bond donors (Lipinski definition) is 1. The topological polar surface area (TPSA) is 79.7 Å². The molecule has 0 saturated carbocycles. The van der Waals surface area contributed by atoms with Crippen LogP contribution in [0.3, 0.4) is 0 Å². The lowest BCUT2D eigenvalue weighted by molar-refractivity contribution is -0.00714. The quantitative estimate of drug-likeness (QED) is 0.883. The predicted octanol–water partition coefficient (Wildman–Crippen LogP) is 1.21. The Morgan fingerprint density at radius 2 is 2.40 bits per heavy atom. The molecule has 8 nitrogen and oxygen atoms in total. The van der Waals surface area contributed by atoms with E-state index in [1.54, 1.807) is 36.3 Å². The van der Waals surface area contributed by atoms with Crippen molar-refractivity contribution in [3.05, 3.63) is 39.6 Å². The van der Waals surface area contributed by atoms with Crippen LogP contribution in [0.25, 0.3) is 0 Å². The Kier molecular flexibility index (Phi) is 5.34. The molecule has 2 amide bonds. The Labute approximate surface area is 149 Å². The molecule has 0 spiro atoms. The van der Waals surface area contributed by atoms with Gasteiger partial charge < -0.3 is 24.4 Å². The standard InChI is InChI=1S/C16H21N5O3S/c1-19-5-4-17-14(15(19)22)20(2)9-13-10-21(6-7-24-13)16(23)18-12-3-8-25-11-12/h3-5,8,11,13H,6-7,9-10H2,1-2H3,(H,18,23)/t13-/m1/s1. The van der Waals surface area contributed by atoms with Gasteiger partial charge in [0.05, 0.1) is 24.9 Å². The van der Waals surface area contributed by atoms with E-state index in [0.29, 0.717) is 32.1 Å². The molecule has 1 N–H and O–H groups in total. The number of morpholine rings is 1. The fourth-order valence-corrected chi connectivity index (χ4v) is 3.28. The molecule has 0 aromatic carbocycles. The zero-order valence-corrected chi connectivity index (χ0v) is 15.0. The largest absolute Gasteiger partial charge is 0.373 e. The minimum atomic E-state index is -0.182. The van der Waals surface area contributed by atoms with E-state index in [2.05, 4.69) is 10.3 Å². The van der Waals surface area contributed by atoms with Crippen LogP contribution in [0.15, 0.2) is 34.0 Å². The number of thiophene rings is 1. The zero-order chi connectivity index (χ0) is 17.8. The fraction of sp³-hybridized carbons (Fsp3) is 0.438. The molecule has 0 radical (unpaired) electrons. The van der Waals surface area contributed by atoms with E-state index >= 15 is 0 Å². The molecule has 1 fully saturated rings. The Morgan fingerprint density at radius 1 is 1.56 bits per heavy atom. The molecule has 3 rings (SSSR count). The van der Waals surface area contributed by atoms with Crippen molar-refractivity contribution in [2.24, 2.45) is 7.05 Å². The summed E-state index contributed by atoms with van der Waals surface area (Å²) in [5.74, 6) is 0.369. The molecule has 3 heterocycles. The van der Waals surface area contributed by atoms with Gasteiger partial charge in [-0.15, -0.1) is 0 Å². The number of likely N-dealkylation sites (N-methyl/N-ethyl adjacent to an activating group) is 1. The summed E-state index contributed by atoms with van der Waals surface area (Å²) in [6.07, 6.45) is 3.03. The van der Waals surface area contributed by atoms with E-state index in [4.69, 9.17) is 4.74 Å². The number of urea groups is 1. The molecular weight excluding hydrogens is 342 g/mol. The van der Waals surface area contributed by atoms with Crippen LogP contribution in [-0.4, -0.2) is 59.9 Å². The normalized spacial score (nSPS) is 17.4. The molecule has 1 saturated heterocycles. The minimum absolute atomic E-state index is 0.136. The van der Waals surface area contributed by atoms with Crippen LogP contribution in [0.1, 0.15) is 0 Å². The van der Waals surface area contributed by atoms with Crippen LogP contribution in [-0.2, 0) is 11.8 Å². The summed E-state index contributed by atoms with van der Waals surface area (Å²) >= 11 is 1.53. The molecule has 2 aromatic rings. The first kappa shape index (κ1) is 17.4. The van der Waals surface area contributed by atoms with E-state index in [9.17, 15) is 9.59 Å². The molecule has 1 atom stereocenters. The number of hydrogen-bond acceptors (Lipinski definition) is 6. The second-order valence-corrected chi connectivity index (χ2v) is 6.71. The highest BCUT2D eigenvalue weighted by atomic mass is 32.1. The molecule has 9 heteroatoms. The summed E-state index contributed by atoms with van der Waals surface area (Å²) in [7, 11) is 3.49. The third-order valence-corrected chi connectivity index (χ3v) is 4.72. The van der Waals surface area contributed by atoms with E-state index in [1.165, 1.54) is 15.9 Å². The number of amides is 2. The third-order valence-electron chi connectivity index (χ3n) is 4.04. The van der Waals surface area contributed by atoms with Gasteiger partial charge in [0.25, 0.3) is 5.56 Å². The van der Waals surface area contributed by atoms with Crippen molar-refractivity contribution in [3.63, 3.8) is 0 Å². The van der Waals surface area contributed by atoms with Gasteiger partial charge in [-0.1, -0.05) is 0 Å². The zero-order valence-electron chi connectivity index (χ0n) is 14.2. The number of nitrogens with zero attached hydrogens (tertiary/aromatic N) is 4. The van der Waals surface area contributed by atoms with Gasteiger partial charge in [-0.05, 0) is 11.4 Å². The summed E-state index contributed by atoms with van der Waals surface area (Å²) in [6.45, 7) is 1.96. The van der Waals surface area contributed by atoms with Crippen LogP contribution in [0.2, 0.25) is 0 Å². The van der Waals surface area contributed by atoms with E-state index in [-0.39, 0.29) is 17.7 Å². The van der Waals surface area contributed by atoms with Crippen molar-refractivity contribution in [2.75, 3.05) is 43.5 Å². The molecule has 0 bridgehead atoms. The fourth-order valence-electron chi connectivity index (χ4n) is 2.69. The maximum absolute atomic E-state index is 12.4. The Balaban J connectivity index is 1.60. The molecular formula is C16H21N5O3S. The molecule has 134 valence electrons. The summed E-state index contributed by atoms with van der Waals surface area (Å²) in [6, 6.07) is 1.73. The first-order valence-corrected chi connectivity index (χ1v) is 8.91. The summed E-state index contributed by atoms with van der Waals surface area (Å²) in [4.78, 5) is 32.2. The number of aryl methyl sites for hydroxylation is 1. The molecule has 0 aliphatic carbocycles.